The minimum atomic E-state index is -2.43. The molecule has 0 aliphatic heterocycles. The first-order valence-corrected chi connectivity index (χ1v) is 2.97. The standard InChI is InChI=1S/C4H9O4P/c1-2-8-3(5)4(6,7)9/h6-7H,2,9H2,1H3. The summed E-state index contributed by atoms with van der Waals surface area (Å²) >= 11 is 0. The largest absolute Gasteiger partial charge is 0.462 e. The lowest BCUT2D eigenvalue weighted by molar-refractivity contribution is -0.181. The summed E-state index contributed by atoms with van der Waals surface area (Å²) in [6.45, 7) is 1.71. The first-order chi connectivity index (χ1) is 3.98. The smallest absolute Gasteiger partial charge is 0.370 e. The van der Waals surface area contributed by atoms with Gasteiger partial charge in [-0.15, -0.1) is 0 Å². The van der Waals surface area contributed by atoms with Gasteiger partial charge in [0.05, 0.1) is 6.61 Å². The van der Waals surface area contributed by atoms with Gasteiger partial charge in [0.15, 0.2) is 0 Å². The van der Waals surface area contributed by atoms with Gasteiger partial charge in [-0.05, 0) is 6.92 Å². The Morgan fingerprint density at radius 3 is 2.33 bits per heavy atom. The molecule has 0 rings (SSSR count). The molecule has 1 atom stereocenters. The molecule has 9 heavy (non-hydrogen) atoms. The Bertz CT molecular complexity index is 106. The highest BCUT2D eigenvalue weighted by Gasteiger charge is 2.28. The molecular weight excluding hydrogens is 143 g/mol. The van der Waals surface area contributed by atoms with E-state index in [-0.39, 0.29) is 6.61 Å². The number of ether oxygens (including phenoxy) is 1. The van der Waals surface area contributed by atoms with E-state index in [1.165, 1.54) is 0 Å². The molecule has 0 aromatic rings. The normalized spacial score (nSPS) is 11.1. The van der Waals surface area contributed by atoms with Crippen LogP contribution < -0.4 is 0 Å². The second-order valence-electron chi connectivity index (χ2n) is 1.45. The minimum Gasteiger partial charge on any atom is -0.462 e. The number of esters is 1. The highest BCUT2D eigenvalue weighted by molar-refractivity contribution is 7.20. The zero-order chi connectivity index (χ0) is 7.49. The number of rotatable bonds is 2. The average Bonchev–Trinajstić information content (AvgIpc) is 1.64. The molecule has 0 aromatic heterocycles. The number of carbonyl (C=O) groups excluding carboxylic acids is 1. The molecule has 0 fully saturated rings. The van der Waals surface area contributed by atoms with E-state index in [1.807, 2.05) is 0 Å². The summed E-state index contributed by atoms with van der Waals surface area (Å²) in [5.41, 5.74) is -2.43. The van der Waals surface area contributed by atoms with Crippen molar-refractivity contribution >= 4 is 15.2 Å². The maximum Gasteiger partial charge on any atom is 0.370 e. The van der Waals surface area contributed by atoms with Crippen LogP contribution in [0.5, 0.6) is 0 Å². The summed E-state index contributed by atoms with van der Waals surface area (Å²) in [6.07, 6.45) is 0. The van der Waals surface area contributed by atoms with E-state index in [9.17, 15) is 4.79 Å². The van der Waals surface area contributed by atoms with Gasteiger partial charge in [-0.3, -0.25) is 0 Å². The third-order valence-electron chi connectivity index (χ3n) is 0.576. The van der Waals surface area contributed by atoms with Gasteiger partial charge in [-0.25, -0.2) is 4.79 Å². The van der Waals surface area contributed by atoms with Crippen LogP contribution in [0.25, 0.3) is 0 Å². The molecule has 0 saturated heterocycles. The quantitative estimate of drug-likeness (QED) is 0.304. The summed E-state index contributed by atoms with van der Waals surface area (Å²) in [6, 6.07) is 0. The second-order valence-corrected chi connectivity index (χ2v) is 2.25. The molecule has 0 aliphatic carbocycles. The molecule has 0 amide bonds. The van der Waals surface area contributed by atoms with Crippen LogP contribution in [0, 0.1) is 0 Å². The van der Waals surface area contributed by atoms with E-state index in [1.54, 1.807) is 16.2 Å². The SMILES string of the molecule is CCOC(=O)C(O)(O)P. The predicted octanol–water partition coefficient (Wildman–Crippen LogP) is -0.937. The Labute approximate surface area is 55.0 Å². The van der Waals surface area contributed by atoms with Gasteiger partial charge in [0, 0.05) is 0 Å². The highest BCUT2D eigenvalue weighted by Crippen LogP contribution is 2.10. The zero-order valence-electron chi connectivity index (χ0n) is 5.00. The van der Waals surface area contributed by atoms with Gasteiger partial charge in [0.1, 0.15) is 0 Å². The van der Waals surface area contributed by atoms with Gasteiger partial charge >= 0.3 is 5.97 Å². The lowest BCUT2D eigenvalue weighted by Gasteiger charge is -2.12. The van der Waals surface area contributed by atoms with E-state index in [0.717, 1.165) is 0 Å². The van der Waals surface area contributed by atoms with Crippen LogP contribution in [0.2, 0.25) is 0 Å². The molecule has 0 spiro atoms. The number of hydrogen-bond acceptors (Lipinski definition) is 4. The van der Waals surface area contributed by atoms with Crippen LogP contribution in [0.4, 0.5) is 0 Å². The average molecular weight is 152 g/mol. The van der Waals surface area contributed by atoms with Gasteiger partial charge in [-0.2, -0.15) is 0 Å². The van der Waals surface area contributed by atoms with Crippen LogP contribution in [-0.2, 0) is 9.53 Å². The van der Waals surface area contributed by atoms with Crippen molar-refractivity contribution in [2.45, 2.75) is 12.5 Å². The summed E-state index contributed by atoms with van der Waals surface area (Å²) in [4.78, 5) is 10.3. The van der Waals surface area contributed by atoms with Gasteiger partial charge < -0.3 is 14.9 Å². The molecular formula is C4H9O4P. The molecule has 5 heteroatoms. The maximum atomic E-state index is 10.3. The fourth-order valence-corrected chi connectivity index (χ4v) is 0.321. The molecule has 0 saturated carbocycles. The second kappa shape index (κ2) is 3.11. The first-order valence-electron chi connectivity index (χ1n) is 2.39. The third-order valence-corrected chi connectivity index (χ3v) is 0.812. The molecule has 0 bridgehead atoms. The highest BCUT2D eigenvalue weighted by atomic mass is 31.0. The van der Waals surface area contributed by atoms with Crippen LogP contribution in [-0.4, -0.2) is 28.3 Å². The van der Waals surface area contributed by atoms with E-state index < -0.39 is 11.5 Å². The number of hydrogen-bond donors (Lipinski definition) is 2. The summed E-state index contributed by atoms with van der Waals surface area (Å²) < 4.78 is 4.25. The predicted molar refractivity (Wildman–Crippen MR) is 33.5 cm³/mol. The molecule has 4 nitrogen and oxygen atoms in total. The molecule has 1 unspecified atom stereocenters. The van der Waals surface area contributed by atoms with Crippen molar-refractivity contribution in [1.82, 2.24) is 0 Å². The lowest BCUT2D eigenvalue weighted by atomic mass is 10.6. The van der Waals surface area contributed by atoms with E-state index in [2.05, 4.69) is 4.74 Å². The fraction of sp³-hybridized carbons (Fsp3) is 0.750. The van der Waals surface area contributed by atoms with Gasteiger partial charge in [0.2, 0.25) is 0 Å². The van der Waals surface area contributed by atoms with E-state index in [4.69, 9.17) is 10.2 Å². The van der Waals surface area contributed by atoms with Crippen molar-refractivity contribution in [2.24, 2.45) is 0 Å². The molecule has 0 aliphatic rings. The van der Waals surface area contributed by atoms with Crippen molar-refractivity contribution in [3.63, 3.8) is 0 Å². The van der Waals surface area contributed by atoms with Crippen molar-refractivity contribution in [2.75, 3.05) is 6.61 Å². The Morgan fingerprint density at radius 1 is 1.78 bits per heavy atom. The molecule has 2 N–H and O–H groups in total. The van der Waals surface area contributed by atoms with Crippen LogP contribution >= 0.6 is 9.24 Å². The van der Waals surface area contributed by atoms with Crippen molar-refractivity contribution in [3.8, 4) is 0 Å². The van der Waals surface area contributed by atoms with Crippen molar-refractivity contribution in [3.05, 3.63) is 0 Å². The van der Waals surface area contributed by atoms with Gasteiger partial charge in [-0.1, -0.05) is 9.24 Å². The molecule has 54 valence electrons. The topological polar surface area (TPSA) is 66.8 Å². The van der Waals surface area contributed by atoms with Crippen molar-refractivity contribution in [1.29, 1.82) is 0 Å². The summed E-state index contributed by atoms with van der Waals surface area (Å²) in [5.74, 6) is -1.06. The Hall–Kier alpha value is -0.180. The minimum absolute atomic E-state index is 0.135. The number of aliphatic hydroxyl groups is 2. The van der Waals surface area contributed by atoms with Crippen LogP contribution in [0.3, 0.4) is 0 Å². The first kappa shape index (κ1) is 8.82. The van der Waals surface area contributed by atoms with Gasteiger partial charge in [0.25, 0.3) is 5.53 Å². The number of carbonyl (C=O) groups is 1. The fourth-order valence-electron chi connectivity index (χ4n) is 0.237. The lowest BCUT2D eigenvalue weighted by Crippen LogP contribution is -2.32. The molecule has 0 heterocycles. The van der Waals surface area contributed by atoms with Crippen LogP contribution in [0.1, 0.15) is 6.92 Å². The maximum absolute atomic E-state index is 10.3. The molecule has 0 radical (unpaired) electrons. The van der Waals surface area contributed by atoms with E-state index >= 15 is 0 Å². The summed E-state index contributed by atoms with van der Waals surface area (Å²) in [7, 11) is 1.54. The Morgan fingerprint density at radius 2 is 2.22 bits per heavy atom. The van der Waals surface area contributed by atoms with Crippen molar-refractivity contribution < 1.29 is 19.7 Å². The van der Waals surface area contributed by atoms with E-state index in [0.29, 0.717) is 0 Å². The Balaban J connectivity index is 3.74. The van der Waals surface area contributed by atoms with Crippen LogP contribution in [0.15, 0.2) is 0 Å². The molecule has 0 aromatic carbocycles. The summed E-state index contributed by atoms with van der Waals surface area (Å²) in [5, 5.41) is 16.9. The zero-order valence-corrected chi connectivity index (χ0v) is 6.15. The third kappa shape index (κ3) is 3.40. The Kier molecular flexibility index (Phi) is 3.04. The monoisotopic (exact) mass is 152 g/mol.